The monoisotopic (exact) mass is 463 g/mol. The minimum absolute atomic E-state index is 0.0501. The number of rotatable bonds is 21. The molecular formula is C28H49NO4. The van der Waals surface area contributed by atoms with E-state index in [0.29, 0.717) is 6.42 Å². The van der Waals surface area contributed by atoms with Gasteiger partial charge >= 0.3 is 0 Å². The van der Waals surface area contributed by atoms with Gasteiger partial charge in [-0.25, -0.2) is 0 Å². The van der Waals surface area contributed by atoms with Crippen LogP contribution in [0.1, 0.15) is 97.3 Å². The van der Waals surface area contributed by atoms with Crippen molar-refractivity contribution < 1.29 is 20.1 Å². The van der Waals surface area contributed by atoms with Gasteiger partial charge in [0, 0.05) is 0 Å². The van der Waals surface area contributed by atoms with E-state index in [9.17, 15) is 20.1 Å². The fourth-order valence-corrected chi connectivity index (χ4v) is 3.25. The van der Waals surface area contributed by atoms with Gasteiger partial charge in [-0.1, -0.05) is 88.1 Å². The Morgan fingerprint density at radius 3 is 1.97 bits per heavy atom. The summed E-state index contributed by atoms with van der Waals surface area (Å²) in [5.74, 6) is -0.374. The number of unbranched alkanes of at least 4 members (excludes halogenated alkanes) is 7. The second-order valence-electron chi connectivity index (χ2n) is 8.58. The van der Waals surface area contributed by atoms with E-state index in [1.807, 2.05) is 12.2 Å². The number of carbonyl (C=O) groups excluding carboxylic acids is 1. The Labute approximate surface area is 202 Å². The highest BCUT2D eigenvalue weighted by Gasteiger charge is 2.19. The Bertz CT molecular complexity index is 568. The summed E-state index contributed by atoms with van der Waals surface area (Å²) in [7, 11) is 0. The SMILES string of the molecule is CCC/C=C/CC/C=C/CC/C=C/C(O)C(CO)NC(=O)CC(O)C/C=C\CCCCCC. The minimum Gasteiger partial charge on any atom is -0.394 e. The maximum absolute atomic E-state index is 12.1. The molecule has 0 heterocycles. The van der Waals surface area contributed by atoms with Gasteiger partial charge in [-0.2, -0.15) is 0 Å². The molecule has 4 N–H and O–H groups in total. The minimum atomic E-state index is -0.966. The summed E-state index contributed by atoms with van der Waals surface area (Å²) in [6.45, 7) is 3.99. The molecule has 0 spiro atoms. The Kier molecular flexibility index (Phi) is 22.3. The van der Waals surface area contributed by atoms with Crippen LogP contribution in [-0.2, 0) is 4.79 Å². The quantitative estimate of drug-likeness (QED) is 0.133. The van der Waals surface area contributed by atoms with Crippen LogP contribution in [0.15, 0.2) is 48.6 Å². The van der Waals surface area contributed by atoms with Gasteiger partial charge in [-0.15, -0.1) is 0 Å². The number of amides is 1. The van der Waals surface area contributed by atoms with Crippen molar-refractivity contribution in [1.29, 1.82) is 0 Å². The Hall–Kier alpha value is -1.69. The topological polar surface area (TPSA) is 89.8 Å². The summed E-state index contributed by atoms with van der Waals surface area (Å²) in [4.78, 5) is 12.1. The maximum Gasteiger partial charge on any atom is 0.223 e. The van der Waals surface area contributed by atoms with Crippen molar-refractivity contribution in [3.63, 3.8) is 0 Å². The van der Waals surface area contributed by atoms with E-state index >= 15 is 0 Å². The number of allylic oxidation sites excluding steroid dienone is 6. The van der Waals surface area contributed by atoms with Gasteiger partial charge in [0.2, 0.25) is 5.91 Å². The highest BCUT2D eigenvalue weighted by atomic mass is 16.3. The first-order valence-electron chi connectivity index (χ1n) is 12.9. The first kappa shape index (κ1) is 31.3. The molecule has 0 rings (SSSR count). The van der Waals surface area contributed by atoms with Crippen LogP contribution in [0.25, 0.3) is 0 Å². The van der Waals surface area contributed by atoms with Crippen molar-refractivity contribution in [2.45, 2.75) is 116 Å². The first-order chi connectivity index (χ1) is 16.0. The molecule has 33 heavy (non-hydrogen) atoms. The number of aliphatic hydroxyl groups is 3. The smallest absolute Gasteiger partial charge is 0.223 e. The molecule has 0 aliphatic rings. The summed E-state index contributed by atoms with van der Waals surface area (Å²) >= 11 is 0. The zero-order chi connectivity index (χ0) is 24.6. The fraction of sp³-hybridized carbons (Fsp3) is 0.679. The van der Waals surface area contributed by atoms with Crippen molar-refractivity contribution in [3.8, 4) is 0 Å². The zero-order valence-corrected chi connectivity index (χ0v) is 21.0. The molecule has 0 aliphatic heterocycles. The van der Waals surface area contributed by atoms with E-state index in [1.54, 1.807) is 6.08 Å². The van der Waals surface area contributed by atoms with E-state index < -0.39 is 18.2 Å². The van der Waals surface area contributed by atoms with Crippen LogP contribution in [0, 0.1) is 0 Å². The molecule has 0 aromatic carbocycles. The summed E-state index contributed by atoms with van der Waals surface area (Å²) in [6.07, 6.45) is 26.8. The first-order valence-corrected chi connectivity index (χ1v) is 12.9. The second kappa shape index (κ2) is 23.5. The van der Waals surface area contributed by atoms with Gasteiger partial charge in [0.15, 0.2) is 0 Å². The number of aliphatic hydroxyl groups excluding tert-OH is 3. The van der Waals surface area contributed by atoms with Crippen LogP contribution in [0.4, 0.5) is 0 Å². The molecule has 0 aliphatic carbocycles. The van der Waals surface area contributed by atoms with E-state index in [2.05, 4.69) is 49.5 Å². The Morgan fingerprint density at radius 2 is 1.36 bits per heavy atom. The molecule has 0 aromatic rings. The van der Waals surface area contributed by atoms with Crippen LogP contribution in [-0.4, -0.2) is 46.1 Å². The van der Waals surface area contributed by atoms with E-state index in [4.69, 9.17) is 0 Å². The lowest BCUT2D eigenvalue weighted by molar-refractivity contribution is -0.124. The number of carbonyl (C=O) groups is 1. The van der Waals surface area contributed by atoms with Gasteiger partial charge in [0.1, 0.15) is 0 Å². The molecule has 0 radical (unpaired) electrons. The predicted octanol–water partition coefficient (Wildman–Crippen LogP) is 5.52. The van der Waals surface area contributed by atoms with E-state index in [-0.39, 0.29) is 18.9 Å². The summed E-state index contributed by atoms with van der Waals surface area (Å²) in [5.41, 5.74) is 0. The fourth-order valence-electron chi connectivity index (χ4n) is 3.25. The van der Waals surface area contributed by atoms with Crippen molar-refractivity contribution in [3.05, 3.63) is 48.6 Å². The number of hydrogen-bond donors (Lipinski definition) is 4. The van der Waals surface area contributed by atoms with Gasteiger partial charge in [0.05, 0.1) is 31.3 Å². The number of hydrogen-bond acceptors (Lipinski definition) is 4. The van der Waals surface area contributed by atoms with Crippen LogP contribution in [0.3, 0.4) is 0 Å². The third-order valence-electron chi connectivity index (χ3n) is 5.30. The molecule has 5 nitrogen and oxygen atoms in total. The molecule has 0 aromatic heterocycles. The third-order valence-corrected chi connectivity index (χ3v) is 5.30. The summed E-state index contributed by atoms with van der Waals surface area (Å²) in [5, 5.41) is 32.4. The number of nitrogens with one attached hydrogen (secondary N) is 1. The van der Waals surface area contributed by atoms with Crippen LogP contribution in [0.5, 0.6) is 0 Å². The van der Waals surface area contributed by atoms with Crippen LogP contribution >= 0.6 is 0 Å². The lowest BCUT2D eigenvalue weighted by atomic mass is 10.1. The molecular weight excluding hydrogens is 414 g/mol. The second-order valence-corrected chi connectivity index (χ2v) is 8.58. The highest BCUT2D eigenvalue weighted by molar-refractivity contribution is 5.76. The van der Waals surface area contributed by atoms with E-state index in [0.717, 1.165) is 44.9 Å². The average molecular weight is 464 g/mol. The largest absolute Gasteiger partial charge is 0.394 e. The predicted molar refractivity (Wildman–Crippen MR) is 139 cm³/mol. The Morgan fingerprint density at radius 1 is 0.758 bits per heavy atom. The van der Waals surface area contributed by atoms with Gasteiger partial charge < -0.3 is 20.6 Å². The van der Waals surface area contributed by atoms with Crippen molar-refractivity contribution in [2.24, 2.45) is 0 Å². The van der Waals surface area contributed by atoms with Gasteiger partial charge in [0.25, 0.3) is 0 Å². The molecule has 0 bridgehead atoms. The lowest BCUT2D eigenvalue weighted by Gasteiger charge is -2.20. The van der Waals surface area contributed by atoms with Crippen LogP contribution < -0.4 is 5.32 Å². The van der Waals surface area contributed by atoms with Crippen LogP contribution in [0.2, 0.25) is 0 Å². The van der Waals surface area contributed by atoms with Crippen molar-refractivity contribution in [1.82, 2.24) is 5.32 Å². The van der Waals surface area contributed by atoms with Crippen molar-refractivity contribution >= 4 is 5.91 Å². The molecule has 3 atom stereocenters. The molecule has 3 unspecified atom stereocenters. The molecule has 190 valence electrons. The van der Waals surface area contributed by atoms with Gasteiger partial charge in [-0.05, 0) is 51.4 Å². The summed E-state index contributed by atoms with van der Waals surface area (Å²) < 4.78 is 0. The summed E-state index contributed by atoms with van der Waals surface area (Å²) in [6, 6.07) is -0.777. The standard InChI is InChI=1S/C28H49NO4/c1-3-5-7-9-11-12-13-14-16-18-20-22-27(32)26(24-30)29-28(33)23-25(31)21-19-17-15-10-8-6-4-2/h7,9,13-14,17,19-20,22,25-27,30-32H,3-6,8,10-12,15-16,18,21,23-24H2,1-2H3,(H,29,33)/b9-7+,14-13+,19-17-,22-20+. The highest BCUT2D eigenvalue weighted by Crippen LogP contribution is 2.06. The molecule has 5 heteroatoms. The normalized spacial score (nSPS) is 15.2. The molecule has 0 saturated carbocycles. The molecule has 1 amide bonds. The van der Waals surface area contributed by atoms with Gasteiger partial charge in [-0.3, -0.25) is 4.79 Å². The zero-order valence-electron chi connectivity index (χ0n) is 21.0. The molecule has 0 saturated heterocycles. The maximum atomic E-state index is 12.1. The lowest BCUT2D eigenvalue weighted by Crippen LogP contribution is -2.45. The third kappa shape index (κ3) is 20.6. The van der Waals surface area contributed by atoms with Crippen molar-refractivity contribution in [2.75, 3.05) is 6.61 Å². The molecule has 0 fully saturated rings. The van der Waals surface area contributed by atoms with E-state index in [1.165, 1.54) is 25.7 Å². The average Bonchev–Trinajstić information content (AvgIpc) is 2.80. The Balaban J connectivity index is 4.07.